The summed E-state index contributed by atoms with van der Waals surface area (Å²) in [7, 11) is 0. The molecule has 0 bridgehead atoms. The average molecular weight is 469 g/mol. The van der Waals surface area contributed by atoms with Crippen LogP contribution in [0.1, 0.15) is 51.3 Å². The van der Waals surface area contributed by atoms with Crippen molar-refractivity contribution in [1.82, 2.24) is 15.6 Å². The van der Waals surface area contributed by atoms with E-state index >= 15 is 0 Å². The second-order valence-electron chi connectivity index (χ2n) is 9.58. The summed E-state index contributed by atoms with van der Waals surface area (Å²) in [4.78, 5) is 9.46. The number of nitrogens with zero attached hydrogens (tertiary/aromatic N) is 3. The fourth-order valence-corrected chi connectivity index (χ4v) is 4.94. The van der Waals surface area contributed by atoms with Crippen molar-refractivity contribution in [2.75, 3.05) is 0 Å². The number of aryl methyl sites for hydroxylation is 1. The largest absolute Gasteiger partial charge is 0.437 e. The molecule has 2 atom stereocenters. The Morgan fingerprint density at radius 3 is 2.76 bits per heavy atom. The number of halogens is 1. The molecule has 1 aliphatic rings. The van der Waals surface area contributed by atoms with Crippen LogP contribution in [0.3, 0.4) is 0 Å². The smallest absolute Gasteiger partial charge is 0.230 e. The molecule has 1 saturated carbocycles. The van der Waals surface area contributed by atoms with Gasteiger partial charge in [0.05, 0.1) is 23.4 Å². The minimum absolute atomic E-state index is 0.0906. The number of pyridine rings is 1. The molecule has 33 heavy (non-hydrogen) atoms. The number of nitrogens with one attached hydrogen (secondary N) is 1. The number of amidine groups is 1. The van der Waals surface area contributed by atoms with Gasteiger partial charge in [-0.2, -0.15) is 0 Å². The van der Waals surface area contributed by atoms with Crippen molar-refractivity contribution in [3.8, 4) is 23.0 Å². The molecule has 1 aliphatic carbocycles. The quantitative estimate of drug-likeness (QED) is 0.254. The predicted molar refractivity (Wildman–Crippen MR) is 128 cm³/mol. The van der Waals surface area contributed by atoms with Gasteiger partial charge in [-0.05, 0) is 67.9 Å². The van der Waals surface area contributed by atoms with E-state index in [-0.39, 0.29) is 11.5 Å². The zero-order valence-corrected chi connectivity index (χ0v) is 20.1. The molecule has 3 aromatic rings. The molecule has 2 unspecified atom stereocenters. The van der Waals surface area contributed by atoms with Gasteiger partial charge in [0.1, 0.15) is 5.75 Å². The van der Waals surface area contributed by atoms with Gasteiger partial charge in [0.2, 0.25) is 5.88 Å². The highest BCUT2D eigenvalue weighted by molar-refractivity contribution is 6.30. The Hall–Kier alpha value is -2.90. The fraction of sp³-hybridized carbons (Fsp3) is 0.400. The van der Waals surface area contributed by atoms with Crippen LogP contribution in [0.15, 0.2) is 52.1 Å². The van der Waals surface area contributed by atoms with Crippen LogP contribution in [0.4, 0.5) is 0 Å². The van der Waals surface area contributed by atoms with Crippen LogP contribution in [0.5, 0.6) is 11.6 Å². The number of rotatable bonds is 5. The summed E-state index contributed by atoms with van der Waals surface area (Å²) in [5, 5.41) is 14.3. The van der Waals surface area contributed by atoms with Crippen LogP contribution >= 0.6 is 11.6 Å². The molecule has 1 aromatic carbocycles. The highest BCUT2D eigenvalue weighted by Gasteiger charge is 2.32. The molecule has 4 rings (SSSR count). The summed E-state index contributed by atoms with van der Waals surface area (Å²) < 4.78 is 11.6. The van der Waals surface area contributed by atoms with E-state index in [0.29, 0.717) is 45.3 Å². The first-order chi connectivity index (χ1) is 15.7. The minimum atomic E-state index is 0.0906. The Balaban J connectivity index is 1.72. The molecule has 7 nitrogen and oxygen atoms in total. The first-order valence-electron chi connectivity index (χ1n) is 11.1. The maximum Gasteiger partial charge on any atom is 0.230 e. The molecule has 2 N–H and O–H groups in total. The maximum absolute atomic E-state index is 10.0. The maximum atomic E-state index is 10.0. The zero-order chi connectivity index (χ0) is 23.6. The third kappa shape index (κ3) is 5.54. The number of hydrogen-bond donors (Lipinski definition) is 2. The topological polar surface area (TPSA) is 92.8 Å². The number of hydrogen-bond acceptors (Lipinski definition) is 6. The number of benzene rings is 1. The molecule has 0 spiro atoms. The first-order valence-corrected chi connectivity index (χ1v) is 11.5. The van der Waals surface area contributed by atoms with Gasteiger partial charge in [-0.3, -0.25) is 15.7 Å². The van der Waals surface area contributed by atoms with Crippen molar-refractivity contribution >= 4 is 17.4 Å². The van der Waals surface area contributed by atoms with E-state index in [1.54, 1.807) is 30.5 Å². The number of ether oxygens (including phenoxy) is 1. The monoisotopic (exact) mass is 468 g/mol. The fourth-order valence-electron chi connectivity index (χ4n) is 4.77. The predicted octanol–water partition coefficient (Wildman–Crippen LogP) is 6.43. The lowest BCUT2D eigenvalue weighted by Crippen LogP contribution is -2.32. The molecule has 1 fully saturated rings. The summed E-state index contributed by atoms with van der Waals surface area (Å²) in [5.41, 5.74) is 4.47. The Labute approximate surface area is 198 Å². The van der Waals surface area contributed by atoms with Crippen molar-refractivity contribution in [2.45, 2.75) is 53.0 Å². The standard InChI is InChI=1S/C25H29ClN4O3/c1-15-11-18(14-25(3,4)13-15)29-23(30-31)19-7-5-16(2)28-24(19)32-21-8-6-17(26)12-20(21)22-9-10-27-33-22/h5-10,12,15,18,31H,11,13-14H2,1-4H3,(H,29,30). The molecular formula is C25H29ClN4O3. The lowest BCUT2D eigenvalue weighted by molar-refractivity contribution is 0.169. The molecular weight excluding hydrogens is 440 g/mol. The van der Waals surface area contributed by atoms with Gasteiger partial charge in [0.25, 0.3) is 0 Å². The van der Waals surface area contributed by atoms with Gasteiger partial charge >= 0.3 is 0 Å². The van der Waals surface area contributed by atoms with Crippen LogP contribution in [0.2, 0.25) is 5.02 Å². The van der Waals surface area contributed by atoms with Crippen LogP contribution in [0.25, 0.3) is 11.3 Å². The second-order valence-corrected chi connectivity index (χ2v) is 10.0. The lowest BCUT2D eigenvalue weighted by Gasteiger charge is -2.37. The highest BCUT2D eigenvalue weighted by Crippen LogP contribution is 2.40. The summed E-state index contributed by atoms with van der Waals surface area (Å²) >= 11 is 6.21. The molecule has 0 saturated heterocycles. The van der Waals surface area contributed by atoms with Crippen molar-refractivity contribution < 1.29 is 14.5 Å². The van der Waals surface area contributed by atoms with E-state index < -0.39 is 0 Å². The second kappa shape index (κ2) is 9.53. The zero-order valence-electron chi connectivity index (χ0n) is 19.3. The molecule has 2 heterocycles. The van der Waals surface area contributed by atoms with Gasteiger partial charge in [0.15, 0.2) is 11.6 Å². The molecule has 8 heteroatoms. The highest BCUT2D eigenvalue weighted by atomic mass is 35.5. The Morgan fingerprint density at radius 2 is 2.06 bits per heavy atom. The SMILES string of the molecule is Cc1ccc(C(=NC2CC(C)CC(C)(C)C2)NO)c(Oc2ccc(Cl)cc2-c2ccno2)n1. The Bertz CT molecular complexity index is 1140. The Kier molecular flexibility index (Phi) is 6.72. The van der Waals surface area contributed by atoms with Crippen molar-refractivity contribution in [1.29, 1.82) is 0 Å². The van der Waals surface area contributed by atoms with E-state index in [1.807, 2.05) is 19.1 Å². The van der Waals surface area contributed by atoms with E-state index in [2.05, 4.69) is 36.4 Å². The third-order valence-electron chi connectivity index (χ3n) is 5.89. The van der Waals surface area contributed by atoms with Gasteiger partial charge in [0, 0.05) is 16.8 Å². The lowest BCUT2D eigenvalue weighted by atomic mass is 9.71. The number of aromatic nitrogens is 2. The first kappa shape index (κ1) is 23.3. The Morgan fingerprint density at radius 1 is 1.24 bits per heavy atom. The van der Waals surface area contributed by atoms with Gasteiger partial charge < -0.3 is 9.26 Å². The van der Waals surface area contributed by atoms with Crippen LogP contribution in [0, 0.1) is 18.3 Å². The van der Waals surface area contributed by atoms with Crippen LogP contribution < -0.4 is 10.2 Å². The van der Waals surface area contributed by atoms with Gasteiger partial charge in [-0.1, -0.05) is 37.5 Å². The van der Waals surface area contributed by atoms with Crippen LogP contribution in [-0.4, -0.2) is 27.2 Å². The molecule has 2 aromatic heterocycles. The van der Waals surface area contributed by atoms with E-state index in [1.165, 1.54) is 6.42 Å². The summed E-state index contributed by atoms with van der Waals surface area (Å²) in [5.74, 6) is 2.24. The van der Waals surface area contributed by atoms with Crippen molar-refractivity contribution in [3.05, 3.63) is 58.9 Å². The third-order valence-corrected chi connectivity index (χ3v) is 6.12. The molecule has 0 radical (unpaired) electrons. The van der Waals surface area contributed by atoms with Crippen molar-refractivity contribution in [3.63, 3.8) is 0 Å². The molecule has 0 aliphatic heterocycles. The number of aliphatic imine (C=N–C) groups is 1. The molecule has 0 amide bonds. The van der Waals surface area contributed by atoms with E-state index in [9.17, 15) is 5.21 Å². The normalized spacial score (nSPS) is 20.5. The number of hydroxylamine groups is 1. The van der Waals surface area contributed by atoms with E-state index in [0.717, 1.165) is 18.5 Å². The van der Waals surface area contributed by atoms with Gasteiger partial charge in [-0.25, -0.2) is 4.98 Å². The van der Waals surface area contributed by atoms with Crippen molar-refractivity contribution in [2.24, 2.45) is 16.3 Å². The van der Waals surface area contributed by atoms with Crippen LogP contribution in [-0.2, 0) is 0 Å². The van der Waals surface area contributed by atoms with E-state index in [4.69, 9.17) is 25.9 Å². The summed E-state index contributed by atoms with van der Waals surface area (Å²) in [6.07, 6.45) is 4.65. The summed E-state index contributed by atoms with van der Waals surface area (Å²) in [6.45, 7) is 8.67. The average Bonchev–Trinajstić information content (AvgIpc) is 3.27. The van der Waals surface area contributed by atoms with Gasteiger partial charge in [-0.15, -0.1) is 0 Å². The summed E-state index contributed by atoms with van der Waals surface area (Å²) in [6, 6.07) is 10.8. The molecule has 174 valence electrons. The minimum Gasteiger partial charge on any atom is -0.437 e.